The van der Waals surface area contributed by atoms with Gasteiger partial charge in [-0.3, -0.25) is 4.79 Å². The highest BCUT2D eigenvalue weighted by molar-refractivity contribution is 6.30. The first-order valence-corrected chi connectivity index (χ1v) is 11.2. The highest BCUT2D eigenvalue weighted by Crippen LogP contribution is 2.39. The van der Waals surface area contributed by atoms with Crippen molar-refractivity contribution >= 4 is 34.5 Å². The van der Waals surface area contributed by atoms with Crippen molar-refractivity contribution in [3.8, 4) is 0 Å². The smallest absolute Gasteiger partial charge is 0.330 e. The molecule has 2 atom stereocenters. The predicted octanol–water partition coefficient (Wildman–Crippen LogP) is 3.97. The molecule has 33 heavy (non-hydrogen) atoms. The Bertz CT molecular complexity index is 1200. The Hall–Kier alpha value is -3.16. The Morgan fingerprint density at radius 2 is 2.00 bits per heavy atom. The highest BCUT2D eigenvalue weighted by atomic mass is 35.5. The summed E-state index contributed by atoms with van der Waals surface area (Å²) in [5.74, 6) is -0.136. The predicted molar refractivity (Wildman–Crippen MR) is 125 cm³/mol. The second-order valence-electron chi connectivity index (χ2n) is 8.25. The summed E-state index contributed by atoms with van der Waals surface area (Å²) in [6.07, 6.45) is 3.21. The fourth-order valence-electron chi connectivity index (χ4n) is 3.97. The molecule has 1 aliphatic carbocycles. The number of aromatic nitrogens is 2. The van der Waals surface area contributed by atoms with Gasteiger partial charge in [-0.2, -0.15) is 0 Å². The maximum Gasteiger partial charge on any atom is 0.330 e. The average molecular weight is 468 g/mol. The third kappa shape index (κ3) is 5.10. The Labute approximate surface area is 197 Å². The van der Waals surface area contributed by atoms with Crippen molar-refractivity contribution in [1.29, 1.82) is 0 Å². The minimum absolute atomic E-state index is 0.337. The van der Waals surface area contributed by atoms with Crippen molar-refractivity contribution in [3.05, 3.63) is 77.1 Å². The summed E-state index contributed by atoms with van der Waals surface area (Å²) < 4.78 is 6.52. The lowest BCUT2D eigenvalue weighted by atomic mass is 9.99. The van der Waals surface area contributed by atoms with E-state index in [9.17, 15) is 14.7 Å². The van der Waals surface area contributed by atoms with Crippen LogP contribution in [0, 0.1) is 5.92 Å². The number of nitrogens with zero attached hydrogens (tertiary/aromatic N) is 3. The van der Waals surface area contributed by atoms with Gasteiger partial charge in [-0.1, -0.05) is 35.9 Å². The van der Waals surface area contributed by atoms with E-state index in [2.05, 4.69) is 4.74 Å². The van der Waals surface area contributed by atoms with Crippen molar-refractivity contribution in [3.63, 3.8) is 0 Å². The van der Waals surface area contributed by atoms with E-state index in [1.807, 2.05) is 35.9 Å². The SMILES string of the molecule is COC(=O)C=CC(=O)N(CC1CC1)[C@@H](c1nc2ccccc2n1C)[C@H](O)c1cccc(Cl)c1. The fourth-order valence-corrected chi connectivity index (χ4v) is 4.17. The molecular weight excluding hydrogens is 442 g/mol. The second-order valence-corrected chi connectivity index (χ2v) is 8.69. The Morgan fingerprint density at radius 1 is 1.24 bits per heavy atom. The number of benzene rings is 2. The minimum atomic E-state index is -1.09. The number of ether oxygens (including phenoxy) is 1. The van der Waals surface area contributed by atoms with Crippen molar-refractivity contribution in [2.24, 2.45) is 13.0 Å². The molecule has 0 saturated heterocycles. The van der Waals surface area contributed by atoms with Crippen molar-refractivity contribution in [1.82, 2.24) is 14.5 Å². The van der Waals surface area contributed by atoms with E-state index >= 15 is 0 Å². The lowest BCUT2D eigenvalue weighted by Gasteiger charge is -2.34. The van der Waals surface area contributed by atoms with Crippen LogP contribution >= 0.6 is 11.6 Å². The maximum atomic E-state index is 13.3. The molecule has 7 nitrogen and oxygen atoms in total. The monoisotopic (exact) mass is 467 g/mol. The van der Waals surface area contributed by atoms with Crippen LogP contribution in [0.5, 0.6) is 0 Å². The topological polar surface area (TPSA) is 84.7 Å². The molecule has 8 heteroatoms. The summed E-state index contributed by atoms with van der Waals surface area (Å²) in [6.45, 7) is 0.440. The fraction of sp³-hybridized carbons (Fsp3) is 0.320. The number of amides is 1. The van der Waals surface area contributed by atoms with E-state index in [0.29, 0.717) is 28.9 Å². The van der Waals surface area contributed by atoms with Crippen LogP contribution in [0.1, 0.15) is 36.4 Å². The van der Waals surface area contributed by atoms with Gasteiger partial charge in [0.2, 0.25) is 5.91 Å². The van der Waals surface area contributed by atoms with E-state index in [0.717, 1.165) is 30.0 Å². The number of imidazole rings is 1. The molecule has 1 N–H and O–H groups in total. The van der Waals surface area contributed by atoms with Crippen LogP contribution in [0.25, 0.3) is 11.0 Å². The minimum Gasteiger partial charge on any atom is -0.466 e. The molecule has 0 unspecified atom stereocenters. The second kappa shape index (κ2) is 9.77. The summed E-state index contributed by atoms with van der Waals surface area (Å²) in [4.78, 5) is 31.3. The largest absolute Gasteiger partial charge is 0.466 e. The number of aliphatic hydroxyl groups excluding tert-OH is 1. The average Bonchev–Trinajstić information content (AvgIpc) is 3.59. The van der Waals surface area contributed by atoms with Gasteiger partial charge < -0.3 is 19.3 Å². The van der Waals surface area contributed by atoms with Gasteiger partial charge in [-0.05, 0) is 48.6 Å². The van der Waals surface area contributed by atoms with Gasteiger partial charge in [-0.25, -0.2) is 9.78 Å². The molecule has 1 heterocycles. The van der Waals surface area contributed by atoms with Crippen molar-refractivity contribution < 1.29 is 19.4 Å². The van der Waals surface area contributed by atoms with E-state index in [-0.39, 0.29) is 0 Å². The first-order chi connectivity index (χ1) is 15.9. The van der Waals surface area contributed by atoms with Gasteiger partial charge in [0.1, 0.15) is 18.0 Å². The van der Waals surface area contributed by atoms with E-state index < -0.39 is 24.0 Å². The number of halogens is 1. The molecule has 1 amide bonds. The molecule has 1 saturated carbocycles. The molecule has 2 aromatic carbocycles. The molecule has 0 bridgehead atoms. The molecular formula is C25H26ClN3O4. The third-order valence-electron chi connectivity index (χ3n) is 5.91. The quantitative estimate of drug-likeness (QED) is 0.400. The van der Waals surface area contributed by atoms with Crippen molar-refractivity contribution in [2.45, 2.75) is 25.0 Å². The summed E-state index contributed by atoms with van der Waals surface area (Å²) >= 11 is 6.20. The first-order valence-electron chi connectivity index (χ1n) is 10.8. The maximum absolute atomic E-state index is 13.3. The number of hydrogen-bond acceptors (Lipinski definition) is 5. The molecule has 0 aliphatic heterocycles. The number of rotatable bonds is 8. The van der Waals surface area contributed by atoms with Gasteiger partial charge in [0, 0.05) is 30.8 Å². The summed E-state index contributed by atoms with van der Waals surface area (Å²) in [6, 6.07) is 13.8. The van der Waals surface area contributed by atoms with Crippen LogP contribution in [0.3, 0.4) is 0 Å². The number of esters is 1. The van der Waals surface area contributed by atoms with Gasteiger partial charge in [0.05, 0.1) is 18.1 Å². The number of fused-ring (bicyclic) bond motifs is 1. The van der Waals surface area contributed by atoms with Gasteiger partial charge >= 0.3 is 5.97 Å². The van der Waals surface area contributed by atoms with Gasteiger partial charge in [-0.15, -0.1) is 0 Å². The van der Waals surface area contributed by atoms with E-state index in [4.69, 9.17) is 16.6 Å². The number of aliphatic hydroxyl groups is 1. The van der Waals surface area contributed by atoms with Crippen molar-refractivity contribution in [2.75, 3.05) is 13.7 Å². The molecule has 1 fully saturated rings. The number of hydrogen-bond donors (Lipinski definition) is 1. The summed E-state index contributed by atoms with van der Waals surface area (Å²) in [5.41, 5.74) is 2.23. The lowest BCUT2D eigenvalue weighted by Crippen LogP contribution is -2.40. The standard InChI is InChI=1S/C25H26ClN3O4/c1-28-20-9-4-3-8-19(20)27-25(28)23(24(32)17-6-5-7-18(26)14-17)29(15-16-10-11-16)21(30)12-13-22(31)33-2/h3-9,12-14,16,23-24,32H,10-11,15H2,1-2H3/t23-,24-/m1/s1. The number of aryl methyl sites for hydroxylation is 1. The molecule has 4 rings (SSSR count). The van der Waals surface area contributed by atoms with E-state index in [1.165, 1.54) is 13.2 Å². The Kier molecular flexibility index (Phi) is 6.81. The Morgan fingerprint density at radius 3 is 2.67 bits per heavy atom. The molecule has 1 aromatic heterocycles. The highest BCUT2D eigenvalue weighted by Gasteiger charge is 2.38. The zero-order chi connectivity index (χ0) is 23.5. The first kappa shape index (κ1) is 23.0. The summed E-state index contributed by atoms with van der Waals surface area (Å²) in [5, 5.41) is 12.0. The van der Waals surface area contributed by atoms with Crippen LogP contribution in [0.15, 0.2) is 60.7 Å². The molecule has 1 aliphatic rings. The zero-order valence-electron chi connectivity index (χ0n) is 18.5. The lowest BCUT2D eigenvalue weighted by molar-refractivity contribution is -0.136. The normalized spacial score (nSPS) is 15.5. The van der Waals surface area contributed by atoms with Crippen LogP contribution in [-0.4, -0.2) is 45.1 Å². The number of para-hydroxylation sites is 2. The van der Waals surface area contributed by atoms with Crippen LogP contribution < -0.4 is 0 Å². The van der Waals surface area contributed by atoms with Gasteiger partial charge in [0.15, 0.2) is 0 Å². The number of carbonyl (C=O) groups excluding carboxylic acids is 2. The molecule has 0 radical (unpaired) electrons. The van der Waals surface area contributed by atoms with E-state index in [1.54, 1.807) is 29.2 Å². The zero-order valence-corrected chi connectivity index (χ0v) is 19.3. The molecule has 0 spiro atoms. The van der Waals surface area contributed by atoms with Gasteiger partial charge in [0.25, 0.3) is 0 Å². The Balaban J connectivity index is 1.83. The summed E-state index contributed by atoms with van der Waals surface area (Å²) in [7, 11) is 3.12. The number of methoxy groups -OCH3 is 1. The van der Waals surface area contributed by atoms with Crippen LogP contribution in [-0.2, 0) is 21.4 Å². The third-order valence-corrected chi connectivity index (χ3v) is 6.14. The van der Waals surface area contributed by atoms with Crippen LogP contribution in [0.2, 0.25) is 5.02 Å². The van der Waals surface area contributed by atoms with Crippen LogP contribution in [0.4, 0.5) is 0 Å². The molecule has 172 valence electrons. The molecule has 3 aromatic rings. The number of carbonyl (C=O) groups is 2.